The van der Waals surface area contributed by atoms with Gasteiger partial charge in [0.1, 0.15) is 0 Å². The van der Waals surface area contributed by atoms with Crippen LogP contribution in [0.2, 0.25) is 10.6 Å². The minimum atomic E-state index is -0.910. The summed E-state index contributed by atoms with van der Waals surface area (Å²) in [5, 5.41) is 6.54. The van der Waals surface area contributed by atoms with Crippen LogP contribution in [0.5, 0.6) is 0 Å². The zero-order valence-corrected chi connectivity index (χ0v) is 25.7. The number of carbonyl (C=O) groups is 4. The number of hydrogen-bond acceptors (Lipinski definition) is 6. The monoisotopic (exact) mass is 696 g/mol. The summed E-state index contributed by atoms with van der Waals surface area (Å²) in [6, 6.07) is 33.2. The van der Waals surface area contributed by atoms with Crippen molar-refractivity contribution in [1.82, 2.24) is 10.9 Å². The van der Waals surface area contributed by atoms with E-state index in [4.69, 9.17) is 0 Å². The van der Waals surface area contributed by atoms with Gasteiger partial charge in [-0.3, -0.25) is 0 Å². The molecule has 0 bridgehead atoms. The molecule has 0 aliphatic carbocycles. The average Bonchev–Trinajstić information content (AvgIpc) is 3.03. The molecule has 0 aromatic heterocycles. The number of hydrazine groups is 2. The Morgan fingerprint density at radius 3 is 1.14 bits per heavy atom. The first-order valence-electron chi connectivity index (χ1n) is 12.7. The van der Waals surface area contributed by atoms with Gasteiger partial charge in [-0.2, -0.15) is 0 Å². The number of carbonyl (C=O) groups excluding carboxylic acids is 4. The number of nitrogens with one attached hydrogen (secondary N) is 6. The molecule has 0 heterocycles. The predicted octanol–water partition coefficient (Wildman–Crippen LogP) is 2.05. The second-order valence-electron chi connectivity index (χ2n) is 8.61. The van der Waals surface area contributed by atoms with E-state index in [1.54, 1.807) is 48.5 Å². The Kier molecular flexibility index (Phi) is 11.6. The quantitative estimate of drug-likeness (QED) is 0.0763. The summed E-state index contributed by atoms with van der Waals surface area (Å²) in [5.74, 6) is -1.97. The standard InChI is InChI=1S/C30H28N6O4Se2/c37-27(19-41-25-7-3-1-4-8-25)31-21-11-15-23(16-12-21)33-35-29(39)30(40)36-34-24-17-13-22(14-18-24)32-28(38)20-42-26-9-5-2-6-10-26/h1-18,33-34H,19-20H2,(H,31,37)(H,32,38)(H,35,39)(H,36,40). The van der Waals surface area contributed by atoms with Crippen LogP contribution in [-0.4, -0.2) is 53.5 Å². The minimum absolute atomic E-state index is 0.0525. The summed E-state index contributed by atoms with van der Waals surface area (Å²) < 4.78 is 2.31. The fourth-order valence-electron chi connectivity index (χ4n) is 3.37. The molecule has 0 atom stereocenters. The van der Waals surface area contributed by atoms with Gasteiger partial charge in [-0.05, 0) is 0 Å². The number of amides is 4. The molecule has 10 nitrogen and oxygen atoms in total. The van der Waals surface area contributed by atoms with E-state index >= 15 is 0 Å². The summed E-state index contributed by atoms with van der Waals surface area (Å²) in [6.07, 6.45) is 0. The zero-order valence-electron chi connectivity index (χ0n) is 22.3. The van der Waals surface area contributed by atoms with Crippen molar-refractivity contribution in [2.75, 3.05) is 21.5 Å². The molecule has 0 saturated carbocycles. The van der Waals surface area contributed by atoms with E-state index in [0.29, 0.717) is 33.4 Å². The van der Waals surface area contributed by atoms with E-state index in [1.807, 2.05) is 60.7 Å². The number of anilines is 4. The maximum absolute atomic E-state index is 12.2. The summed E-state index contributed by atoms with van der Waals surface area (Å²) in [7, 11) is 0. The maximum atomic E-state index is 12.2. The van der Waals surface area contributed by atoms with Gasteiger partial charge >= 0.3 is 257 Å². The topological polar surface area (TPSA) is 140 Å². The van der Waals surface area contributed by atoms with Crippen molar-refractivity contribution in [3.63, 3.8) is 0 Å². The van der Waals surface area contributed by atoms with Crippen LogP contribution in [0.1, 0.15) is 0 Å². The van der Waals surface area contributed by atoms with Crippen molar-refractivity contribution in [1.29, 1.82) is 0 Å². The molecule has 6 N–H and O–H groups in total. The zero-order chi connectivity index (χ0) is 29.6. The molecule has 0 fully saturated rings. The Morgan fingerprint density at radius 2 is 0.786 bits per heavy atom. The van der Waals surface area contributed by atoms with E-state index in [9.17, 15) is 19.2 Å². The van der Waals surface area contributed by atoms with Crippen molar-refractivity contribution in [3.8, 4) is 0 Å². The summed E-state index contributed by atoms with van der Waals surface area (Å²) in [5.41, 5.74) is 12.3. The third kappa shape index (κ3) is 10.4. The van der Waals surface area contributed by atoms with Gasteiger partial charge in [-0.15, -0.1) is 0 Å². The van der Waals surface area contributed by atoms with Crippen LogP contribution in [0.25, 0.3) is 0 Å². The molecule has 0 spiro atoms. The molecule has 4 rings (SSSR count). The van der Waals surface area contributed by atoms with E-state index < -0.39 is 11.8 Å². The van der Waals surface area contributed by atoms with Gasteiger partial charge in [0.15, 0.2) is 0 Å². The molecule has 4 aromatic rings. The van der Waals surface area contributed by atoms with Gasteiger partial charge < -0.3 is 0 Å². The summed E-state index contributed by atoms with van der Waals surface area (Å²) >= 11 is 0.105. The Labute approximate surface area is 255 Å². The summed E-state index contributed by atoms with van der Waals surface area (Å²) in [6.45, 7) is 0. The average molecular weight is 695 g/mol. The van der Waals surface area contributed by atoms with Crippen molar-refractivity contribution in [2.45, 2.75) is 10.6 Å². The Hall–Kier alpha value is -4.60. The van der Waals surface area contributed by atoms with Crippen LogP contribution in [0, 0.1) is 0 Å². The first kappa shape index (κ1) is 30.4. The van der Waals surface area contributed by atoms with Gasteiger partial charge in [0.05, 0.1) is 0 Å². The van der Waals surface area contributed by atoms with E-state index in [-0.39, 0.29) is 41.7 Å². The van der Waals surface area contributed by atoms with Crippen LogP contribution in [0.15, 0.2) is 109 Å². The van der Waals surface area contributed by atoms with E-state index in [1.165, 1.54) is 0 Å². The molecule has 0 unspecified atom stereocenters. The molecule has 0 radical (unpaired) electrons. The molecule has 4 amide bonds. The fraction of sp³-hybridized carbons (Fsp3) is 0.0667. The molecular formula is C30H28N6O4Se2. The third-order valence-corrected chi connectivity index (χ3v) is 9.66. The van der Waals surface area contributed by atoms with Crippen molar-refractivity contribution in [3.05, 3.63) is 109 Å². The van der Waals surface area contributed by atoms with Crippen molar-refractivity contribution >= 4 is 85.2 Å². The van der Waals surface area contributed by atoms with Crippen LogP contribution < -0.4 is 41.3 Å². The predicted molar refractivity (Wildman–Crippen MR) is 167 cm³/mol. The first-order valence-corrected chi connectivity index (χ1v) is 16.9. The SMILES string of the molecule is O=C(C[Se]c1ccccc1)Nc1ccc(NNC(=O)C(=O)NNc2ccc(NC(=O)C[Se]c3ccccc3)cc2)cc1. The fourth-order valence-corrected chi connectivity index (χ4v) is 6.39. The molecule has 42 heavy (non-hydrogen) atoms. The van der Waals surface area contributed by atoms with Crippen molar-refractivity contribution < 1.29 is 19.2 Å². The Balaban J connectivity index is 1.12. The molecule has 214 valence electrons. The molecule has 0 aliphatic heterocycles. The van der Waals surface area contributed by atoms with Crippen molar-refractivity contribution in [2.24, 2.45) is 0 Å². The second kappa shape index (κ2) is 16.0. The molecule has 12 heteroatoms. The second-order valence-corrected chi connectivity index (χ2v) is 13.0. The number of hydrogen-bond donors (Lipinski definition) is 6. The van der Waals surface area contributed by atoms with Crippen LogP contribution in [-0.2, 0) is 19.2 Å². The first-order chi connectivity index (χ1) is 20.4. The van der Waals surface area contributed by atoms with Crippen LogP contribution in [0.3, 0.4) is 0 Å². The number of benzene rings is 4. The van der Waals surface area contributed by atoms with E-state index in [2.05, 4.69) is 32.3 Å². The van der Waals surface area contributed by atoms with Gasteiger partial charge in [-0.1, -0.05) is 0 Å². The normalized spacial score (nSPS) is 10.2. The molecule has 4 aromatic carbocycles. The third-order valence-electron chi connectivity index (χ3n) is 5.41. The Morgan fingerprint density at radius 1 is 0.452 bits per heavy atom. The van der Waals surface area contributed by atoms with E-state index in [0.717, 1.165) is 8.92 Å². The molecular weight excluding hydrogens is 666 g/mol. The van der Waals surface area contributed by atoms with Gasteiger partial charge in [-0.25, -0.2) is 0 Å². The molecule has 0 aliphatic rings. The number of rotatable bonds is 12. The van der Waals surface area contributed by atoms with Gasteiger partial charge in [0.2, 0.25) is 0 Å². The molecule has 0 saturated heterocycles. The summed E-state index contributed by atoms with van der Waals surface area (Å²) in [4.78, 5) is 48.7. The van der Waals surface area contributed by atoms with Crippen LogP contribution >= 0.6 is 0 Å². The van der Waals surface area contributed by atoms with Gasteiger partial charge in [0.25, 0.3) is 0 Å². The van der Waals surface area contributed by atoms with Gasteiger partial charge in [0, 0.05) is 0 Å². The van der Waals surface area contributed by atoms with Crippen LogP contribution in [0.4, 0.5) is 22.7 Å². The Bertz CT molecular complexity index is 1370.